The van der Waals surface area contributed by atoms with Crippen molar-refractivity contribution in [3.63, 3.8) is 0 Å². The van der Waals surface area contributed by atoms with Crippen LogP contribution in [0.3, 0.4) is 0 Å². The highest BCUT2D eigenvalue weighted by Gasteiger charge is 2.41. The number of hydrogen-bond acceptors (Lipinski definition) is 4. The Kier molecular flexibility index (Phi) is 8.40. The molecule has 216 valence electrons. The minimum atomic E-state index is -0.804. The minimum absolute atomic E-state index is 0.0541. The van der Waals surface area contributed by atoms with E-state index in [1.54, 1.807) is 33.0 Å². The number of carbonyl (C=O) groups excluding carboxylic acids is 1. The third kappa shape index (κ3) is 6.19. The number of ether oxygens (including phenoxy) is 1. The van der Waals surface area contributed by atoms with Gasteiger partial charge in [0.25, 0.3) is 0 Å². The van der Waals surface area contributed by atoms with Crippen molar-refractivity contribution in [2.24, 2.45) is 0 Å². The third-order valence-electron chi connectivity index (χ3n) is 7.30. The first-order valence-corrected chi connectivity index (χ1v) is 14.1. The number of hydrogen-bond donors (Lipinski definition) is 2. The van der Waals surface area contributed by atoms with E-state index in [1.807, 2.05) is 60.7 Å². The van der Waals surface area contributed by atoms with Crippen LogP contribution in [0.4, 0.5) is 9.18 Å². The Morgan fingerprint density at radius 2 is 1.44 bits per heavy atom. The van der Waals surface area contributed by atoms with Crippen LogP contribution in [-0.4, -0.2) is 28.2 Å². The topological polar surface area (TPSA) is 90.8 Å². The maximum Gasteiger partial charge on any atom is 0.407 e. The first-order chi connectivity index (χ1) is 20.7. The number of H-pyrrole nitrogens is 1. The number of imidazole rings is 1. The molecule has 0 saturated carbocycles. The number of halogens is 1. The molecule has 1 unspecified atom stereocenters. The van der Waals surface area contributed by atoms with E-state index < -0.39 is 28.8 Å². The molecule has 7 heteroatoms. The van der Waals surface area contributed by atoms with Crippen molar-refractivity contribution >= 4 is 6.09 Å². The molecule has 0 aliphatic heterocycles. The first-order valence-electron chi connectivity index (χ1n) is 14.1. The second-order valence-electron chi connectivity index (χ2n) is 11.3. The summed E-state index contributed by atoms with van der Waals surface area (Å²) < 4.78 is 20.3. The zero-order chi connectivity index (χ0) is 30.5. The van der Waals surface area contributed by atoms with Crippen molar-refractivity contribution in [1.29, 1.82) is 5.26 Å². The van der Waals surface area contributed by atoms with Gasteiger partial charge in [-0.1, -0.05) is 97.1 Å². The van der Waals surface area contributed by atoms with Gasteiger partial charge >= 0.3 is 6.09 Å². The quantitative estimate of drug-likeness (QED) is 0.189. The molecule has 43 heavy (non-hydrogen) atoms. The van der Waals surface area contributed by atoms with Gasteiger partial charge in [-0.25, -0.2) is 14.2 Å². The van der Waals surface area contributed by atoms with E-state index in [4.69, 9.17) is 9.72 Å². The number of nitriles is 1. The van der Waals surface area contributed by atoms with E-state index in [2.05, 4.69) is 46.7 Å². The van der Waals surface area contributed by atoms with Gasteiger partial charge in [-0.2, -0.15) is 5.26 Å². The van der Waals surface area contributed by atoms with Crippen molar-refractivity contribution < 1.29 is 13.9 Å². The van der Waals surface area contributed by atoms with Crippen LogP contribution in [-0.2, 0) is 10.2 Å². The highest BCUT2D eigenvalue weighted by molar-refractivity contribution is 5.68. The molecule has 5 rings (SSSR count). The number of alkyl carbamates (subject to hydrolysis) is 1. The van der Waals surface area contributed by atoms with Crippen molar-refractivity contribution in [3.8, 4) is 6.07 Å². The van der Waals surface area contributed by atoms with Crippen LogP contribution >= 0.6 is 0 Å². The van der Waals surface area contributed by atoms with E-state index in [0.717, 1.165) is 16.7 Å². The van der Waals surface area contributed by atoms with E-state index >= 15 is 0 Å². The molecule has 4 aromatic carbocycles. The number of rotatable bonds is 8. The second kappa shape index (κ2) is 12.3. The summed E-state index contributed by atoms with van der Waals surface area (Å²) in [7, 11) is 0. The number of aromatic amines is 1. The van der Waals surface area contributed by atoms with Gasteiger partial charge < -0.3 is 15.0 Å². The van der Waals surface area contributed by atoms with Gasteiger partial charge in [-0.05, 0) is 55.2 Å². The van der Waals surface area contributed by atoms with Crippen LogP contribution in [0.15, 0.2) is 115 Å². The molecular weight excluding hydrogens is 539 g/mol. The summed E-state index contributed by atoms with van der Waals surface area (Å²) >= 11 is 0. The predicted octanol–water partition coefficient (Wildman–Crippen LogP) is 7.46. The lowest BCUT2D eigenvalue weighted by molar-refractivity contribution is 0.0526. The largest absolute Gasteiger partial charge is 0.444 e. The number of nitrogens with one attached hydrogen (secondary N) is 2. The predicted molar refractivity (Wildman–Crippen MR) is 164 cm³/mol. The molecule has 0 aliphatic carbocycles. The Morgan fingerprint density at radius 1 is 0.907 bits per heavy atom. The molecular formula is C36H33FN4O2. The molecule has 0 aliphatic rings. The average Bonchev–Trinajstić information content (AvgIpc) is 3.48. The highest BCUT2D eigenvalue weighted by atomic mass is 19.1. The smallest absolute Gasteiger partial charge is 0.407 e. The summed E-state index contributed by atoms with van der Waals surface area (Å²) in [6.07, 6.45) is 1.21. The van der Waals surface area contributed by atoms with E-state index in [0.29, 0.717) is 17.1 Å². The van der Waals surface area contributed by atoms with Gasteiger partial charge in [0, 0.05) is 18.7 Å². The fourth-order valence-electron chi connectivity index (χ4n) is 5.41. The highest BCUT2D eigenvalue weighted by Crippen LogP contribution is 2.44. The molecule has 0 spiro atoms. The molecule has 1 heterocycles. The van der Waals surface area contributed by atoms with Crippen LogP contribution in [0.5, 0.6) is 0 Å². The Morgan fingerprint density at radius 3 is 1.91 bits per heavy atom. The molecule has 0 fully saturated rings. The Bertz CT molecular complexity index is 1630. The summed E-state index contributed by atoms with van der Waals surface area (Å²) in [5.41, 5.74) is 2.67. The maximum absolute atomic E-state index is 14.8. The Hall–Kier alpha value is -5.22. The van der Waals surface area contributed by atoms with Crippen molar-refractivity contribution in [2.45, 2.75) is 37.7 Å². The lowest BCUT2D eigenvalue weighted by Gasteiger charge is -2.34. The number of benzene rings is 4. The molecule has 0 bridgehead atoms. The first kappa shape index (κ1) is 29.3. The molecule has 1 amide bonds. The number of nitrogens with zero attached hydrogens (tertiary/aromatic N) is 2. The lowest BCUT2D eigenvalue weighted by Crippen LogP contribution is -2.35. The van der Waals surface area contributed by atoms with Gasteiger partial charge in [-0.3, -0.25) is 0 Å². The molecule has 6 nitrogen and oxygen atoms in total. The van der Waals surface area contributed by atoms with Crippen LogP contribution in [0.1, 0.15) is 66.0 Å². The Labute approximate surface area is 251 Å². The summed E-state index contributed by atoms with van der Waals surface area (Å²) in [6, 6.07) is 36.8. The van der Waals surface area contributed by atoms with Gasteiger partial charge in [-0.15, -0.1) is 0 Å². The monoisotopic (exact) mass is 572 g/mol. The third-order valence-corrected chi connectivity index (χ3v) is 7.30. The number of aromatic nitrogens is 2. The van der Waals surface area contributed by atoms with Crippen LogP contribution in [0.25, 0.3) is 0 Å². The van der Waals surface area contributed by atoms with E-state index in [1.165, 1.54) is 12.1 Å². The zero-order valence-electron chi connectivity index (χ0n) is 24.3. The van der Waals surface area contributed by atoms with E-state index in [-0.39, 0.29) is 12.1 Å². The number of amides is 1. The second-order valence-corrected chi connectivity index (χ2v) is 11.3. The maximum atomic E-state index is 14.8. The fraction of sp³-hybridized carbons (Fsp3) is 0.194. The minimum Gasteiger partial charge on any atom is -0.444 e. The van der Waals surface area contributed by atoms with E-state index in [9.17, 15) is 14.4 Å². The standard InChI is InChI=1S/C36H33FN4O2/c1-35(2,3)43-34(42)40-23-30(25-19-20-26(22-38)31(37)21-25)32-24-39-33(41-32)36(27-13-7-4-8-14-27,28-15-9-5-10-16-28)29-17-11-6-12-18-29/h4-21,24,30H,23H2,1-3H3,(H,39,41)(H,40,42). The van der Waals surface area contributed by atoms with Gasteiger partial charge in [0.15, 0.2) is 0 Å². The van der Waals surface area contributed by atoms with Gasteiger partial charge in [0.2, 0.25) is 0 Å². The van der Waals surface area contributed by atoms with Crippen LogP contribution < -0.4 is 5.32 Å². The fourth-order valence-corrected chi connectivity index (χ4v) is 5.41. The van der Waals surface area contributed by atoms with Crippen molar-refractivity contribution in [2.75, 3.05) is 6.54 Å². The molecule has 0 saturated heterocycles. The summed E-state index contributed by atoms with van der Waals surface area (Å²) in [6.45, 7) is 5.46. The van der Waals surface area contributed by atoms with Crippen LogP contribution in [0.2, 0.25) is 0 Å². The summed E-state index contributed by atoms with van der Waals surface area (Å²) in [4.78, 5) is 21.3. The van der Waals surface area contributed by atoms with Gasteiger partial charge in [0.05, 0.1) is 11.3 Å². The van der Waals surface area contributed by atoms with Gasteiger partial charge in [0.1, 0.15) is 28.7 Å². The number of carbonyl (C=O) groups is 1. The SMILES string of the molecule is CC(C)(C)OC(=O)NCC(c1ccc(C#N)c(F)c1)c1c[nH]c(C(c2ccccc2)(c2ccccc2)c2ccccc2)n1. The molecule has 1 atom stereocenters. The lowest BCUT2D eigenvalue weighted by atomic mass is 9.69. The normalized spacial score (nSPS) is 12.3. The summed E-state index contributed by atoms with van der Waals surface area (Å²) in [5, 5.41) is 12.1. The van der Waals surface area contributed by atoms with Crippen molar-refractivity contribution in [1.82, 2.24) is 15.3 Å². The molecule has 1 aromatic heterocycles. The van der Waals surface area contributed by atoms with Crippen molar-refractivity contribution in [3.05, 3.63) is 161 Å². The molecule has 5 aromatic rings. The zero-order valence-corrected chi connectivity index (χ0v) is 24.3. The van der Waals surface area contributed by atoms with Crippen LogP contribution in [0, 0.1) is 17.1 Å². The Balaban J connectivity index is 1.67. The summed E-state index contributed by atoms with van der Waals surface area (Å²) in [5.74, 6) is -0.507. The molecule has 0 radical (unpaired) electrons. The molecule has 2 N–H and O–H groups in total. The average molecular weight is 573 g/mol.